The molecule has 0 amide bonds. The van der Waals surface area contributed by atoms with Gasteiger partial charge in [-0.1, -0.05) is 0 Å². The molecule has 0 unspecified atom stereocenters. The average Bonchev–Trinajstić information content (AvgIpc) is 3.31. The minimum atomic E-state index is -2.97. The molecule has 0 spiro atoms. The SMILES string of the molecule is NCCCc1cn(C2CC2)c(=O)c(N2CCS(=O)(=O)CC2)n1. The first-order chi connectivity index (χ1) is 10.5. The maximum absolute atomic E-state index is 12.6. The quantitative estimate of drug-likeness (QED) is 0.798. The first kappa shape index (κ1) is 15.5. The van der Waals surface area contributed by atoms with Gasteiger partial charge < -0.3 is 15.2 Å². The van der Waals surface area contributed by atoms with E-state index in [0.29, 0.717) is 25.5 Å². The number of hydrogen-bond acceptors (Lipinski definition) is 6. The zero-order valence-corrected chi connectivity index (χ0v) is 13.4. The second-order valence-corrected chi connectivity index (χ2v) is 8.33. The number of hydrogen-bond donors (Lipinski definition) is 1. The van der Waals surface area contributed by atoms with Gasteiger partial charge in [-0.15, -0.1) is 0 Å². The van der Waals surface area contributed by atoms with Crippen LogP contribution in [0.5, 0.6) is 0 Å². The lowest BCUT2D eigenvalue weighted by Crippen LogP contribution is -2.44. The van der Waals surface area contributed by atoms with E-state index in [1.54, 1.807) is 4.57 Å². The van der Waals surface area contributed by atoms with Crippen LogP contribution in [0.15, 0.2) is 11.0 Å². The maximum Gasteiger partial charge on any atom is 0.293 e. The van der Waals surface area contributed by atoms with Crippen LogP contribution in [0.25, 0.3) is 0 Å². The van der Waals surface area contributed by atoms with Gasteiger partial charge in [0.15, 0.2) is 15.7 Å². The number of aryl methyl sites for hydroxylation is 1. The van der Waals surface area contributed by atoms with Gasteiger partial charge in [0.25, 0.3) is 5.56 Å². The summed E-state index contributed by atoms with van der Waals surface area (Å²) in [7, 11) is -2.97. The molecule has 1 aliphatic heterocycles. The molecule has 0 radical (unpaired) electrons. The van der Waals surface area contributed by atoms with Gasteiger partial charge in [0.05, 0.1) is 17.2 Å². The third-order valence-corrected chi connectivity index (χ3v) is 5.79. The molecule has 8 heteroatoms. The third kappa shape index (κ3) is 3.33. The summed E-state index contributed by atoms with van der Waals surface area (Å²) in [4.78, 5) is 18.9. The van der Waals surface area contributed by atoms with E-state index in [-0.39, 0.29) is 23.1 Å². The van der Waals surface area contributed by atoms with Crippen molar-refractivity contribution in [3.05, 3.63) is 22.2 Å². The highest BCUT2D eigenvalue weighted by molar-refractivity contribution is 7.91. The van der Waals surface area contributed by atoms with Crippen molar-refractivity contribution in [2.75, 3.05) is 36.0 Å². The van der Waals surface area contributed by atoms with Gasteiger partial charge in [-0.25, -0.2) is 13.4 Å². The van der Waals surface area contributed by atoms with Crippen LogP contribution in [0.1, 0.15) is 31.0 Å². The molecular weight excluding hydrogens is 304 g/mol. The Morgan fingerprint density at radius 1 is 1.27 bits per heavy atom. The van der Waals surface area contributed by atoms with Crippen molar-refractivity contribution in [3.63, 3.8) is 0 Å². The minimum Gasteiger partial charge on any atom is -0.350 e. The van der Waals surface area contributed by atoms with Crippen LogP contribution >= 0.6 is 0 Å². The molecule has 2 heterocycles. The molecule has 2 aliphatic rings. The normalized spacial score (nSPS) is 21.0. The molecule has 22 heavy (non-hydrogen) atoms. The number of rotatable bonds is 5. The largest absolute Gasteiger partial charge is 0.350 e. The first-order valence-electron chi connectivity index (χ1n) is 7.78. The van der Waals surface area contributed by atoms with Gasteiger partial charge in [0.1, 0.15) is 0 Å². The molecular formula is C14H22N4O3S. The van der Waals surface area contributed by atoms with Crippen LogP contribution in [0.4, 0.5) is 5.82 Å². The molecule has 0 aromatic carbocycles. The molecule has 1 saturated carbocycles. The fourth-order valence-electron chi connectivity index (χ4n) is 2.71. The highest BCUT2D eigenvalue weighted by Crippen LogP contribution is 2.33. The maximum atomic E-state index is 12.6. The van der Waals surface area contributed by atoms with Gasteiger partial charge in [-0.2, -0.15) is 0 Å². The lowest BCUT2D eigenvalue weighted by molar-refractivity contribution is 0.584. The number of nitrogens with two attached hydrogens (primary N) is 1. The molecule has 122 valence electrons. The molecule has 1 aliphatic carbocycles. The van der Waals surface area contributed by atoms with Crippen LogP contribution in [0, 0.1) is 0 Å². The Morgan fingerprint density at radius 3 is 2.55 bits per heavy atom. The molecule has 1 aromatic heterocycles. The Labute approximate surface area is 130 Å². The number of anilines is 1. The van der Waals surface area contributed by atoms with Gasteiger partial charge in [-0.05, 0) is 32.2 Å². The predicted octanol–water partition coefficient (Wildman–Crippen LogP) is -0.296. The lowest BCUT2D eigenvalue weighted by atomic mass is 10.2. The Bertz CT molecular complexity index is 695. The topological polar surface area (TPSA) is 98.3 Å². The van der Waals surface area contributed by atoms with Crippen LogP contribution in [0.3, 0.4) is 0 Å². The monoisotopic (exact) mass is 326 g/mol. The molecule has 1 aromatic rings. The summed E-state index contributed by atoms with van der Waals surface area (Å²) in [6, 6.07) is 0.277. The van der Waals surface area contributed by atoms with E-state index in [1.165, 1.54) is 0 Å². The number of aromatic nitrogens is 2. The van der Waals surface area contributed by atoms with Crippen molar-refractivity contribution < 1.29 is 8.42 Å². The van der Waals surface area contributed by atoms with E-state index in [1.807, 2.05) is 11.1 Å². The molecule has 2 N–H and O–H groups in total. The van der Waals surface area contributed by atoms with Crippen molar-refractivity contribution in [1.29, 1.82) is 0 Å². The molecule has 0 bridgehead atoms. The zero-order chi connectivity index (χ0) is 15.7. The van der Waals surface area contributed by atoms with Crippen molar-refractivity contribution in [1.82, 2.24) is 9.55 Å². The Balaban J connectivity index is 1.91. The van der Waals surface area contributed by atoms with E-state index in [9.17, 15) is 13.2 Å². The summed E-state index contributed by atoms with van der Waals surface area (Å²) in [5.41, 5.74) is 6.32. The van der Waals surface area contributed by atoms with Crippen molar-refractivity contribution in [2.45, 2.75) is 31.7 Å². The van der Waals surface area contributed by atoms with E-state index in [0.717, 1.165) is 31.4 Å². The van der Waals surface area contributed by atoms with Crippen LogP contribution < -0.4 is 16.2 Å². The first-order valence-corrected chi connectivity index (χ1v) is 9.60. The highest BCUT2D eigenvalue weighted by atomic mass is 32.2. The Kier molecular flexibility index (Phi) is 4.22. The molecule has 2 fully saturated rings. The van der Waals surface area contributed by atoms with E-state index in [2.05, 4.69) is 4.98 Å². The van der Waals surface area contributed by atoms with Crippen molar-refractivity contribution >= 4 is 15.7 Å². The molecule has 1 saturated heterocycles. The summed E-state index contributed by atoms with van der Waals surface area (Å²) in [6.45, 7) is 1.27. The summed E-state index contributed by atoms with van der Waals surface area (Å²) < 4.78 is 24.9. The molecule has 0 atom stereocenters. The van der Waals surface area contributed by atoms with Gasteiger partial charge >= 0.3 is 0 Å². The number of sulfone groups is 1. The second-order valence-electron chi connectivity index (χ2n) is 6.03. The predicted molar refractivity (Wildman–Crippen MR) is 85.0 cm³/mol. The van der Waals surface area contributed by atoms with E-state index in [4.69, 9.17) is 5.73 Å². The third-order valence-electron chi connectivity index (χ3n) is 4.18. The van der Waals surface area contributed by atoms with Gasteiger partial charge in [-0.3, -0.25) is 4.79 Å². The summed E-state index contributed by atoms with van der Waals surface area (Å²) in [6.07, 6.45) is 5.45. The summed E-state index contributed by atoms with van der Waals surface area (Å²) in [5.74, 6) is 0.575. The standard InChI is InChI=1S/C14H22N4O3S/c15-5-1-2-11-10-18(12-3-4-12)14(19)13(16-11)17-6-8-22(20,21)9-7-17/h10,12H,1-9,15H2. The highest BCUT2D eigenvalue weighted by Gasteiger charge is 2.29. The Hall–Kier alpha value is -1.41. The fraction of sp³-hybridized carbons (Fsp3) is 0.714. The summed E-state index contributed by atoms with van der Waals surface area (Å²) in [5, 5.41) is 0. The van der Waals surface area contributed by atoms with E-state index < -0.39 is 9.84 Å². The molecule has 7 nitrogen and oxygen atoms in total. The van der Waals surface area contributed by atoms with Crippen molar-refractivity contribution in [2.24, 2.45) is 5.73 Å². The Morgan fingerprint density at radius 2 is 1.95 bits per heavy atom. The van der Waals surface area contributed by atoms with Crippen LogP contribution in [-0.4, -0.2) is 49.1 Å². The second kappa shape index (κ2) is 6.00. The average molecular weight is 326 g/mol. The zero-order valence-electron chi connectivity index (χ0n) is 12.6. The smallest absolute Gasteiger partial charge is 0.293 e. The van der Waals surface area contributed by atoms with Gasteiger partial charge in [0, 0.05) is 25.3 Å². The molecule has 3 rings (SSSR count). The van der Waals surface area contributed by atoms with E-state index >= 15 is 0 Å². The van der Waals surface area contributed by atoms with Gasteiger partial charge in [0.2, 0.25) is 0 Å². The lowest BCUT2D eigenvalue weighted by Gasteiger charge is -2.27. The van der Waals surface area contributed by atoms with Crippen molar-refractivity contribution in [3.8, 4) is 0 Å². The van der Waals surface area contributed by atoms with Crippen LogP contribution in [0.2, 0.25) is 0 Å². The fourth-order valence-corrected chi connectivity index (χ4v) is 3.91. The number of nitrogens with zero attached hydrogens (tertiary/aromatic N) is 3. The van der Waals surface area contributed by atoms with Crippen LogP contribution in [-0.2, 0) is 16.3 Å². The minimum absolute atomic E-state index is 0.0879. The summed E-state index contributed by atoms with van der Waals surface area (Å²) >= 11 is 0.